The van der Waals surface area contributed by atoms with Gasteiger partial charge in [0.1, 0.15) is 10.8 Å². The van der Waals surface area contributed by atoms with Gasteiger partial charge >= 0.3 is 0 Å². The number of amides is 1. The number of carbonyl (C=O) groups excluding carboxylic acids is 1. The second-order valence-corrected chi connectivity index (χ2v) is 7.50. The molecule has 10 heteroatoms. The summed E-state index contributed by atoms with van der Waals surface area (Å²) < 4.78 is 31.7. The van der Waals surface area contributed by atoms with E-state index in [4.69, 9.17) is 4.74 Å². The Morgan fingerprint density at radius 1 is 1.29 bits per heavy atom. The van der Waals surface area contributed by atoms with E-state index in [1.807, 2.05) is 6.92 Å². The lowest BCUT2D eigenvalue weighted by molar-refractivity contribution is 0.102. The molecule has 0 aliphatic carbocycles. The molecule has 0 spiro atoms. The summed E-state index contributed by atoms with van der Waals surface area (Å²) in [5, 5.41) is 11.5. The van der Waals surface area contributed by atoms with E-state index in [-0.39, 0.29) is 22.8 Å². The van der Waals surface area contributed by atoms with Crippen molar-refractivity contribution in [3.63, 3.8) is 0 Å². The topological polar surface area (TPSA) is 110 Å². The molecule has 0 aliphatic heterocycles. The molecule has 8 nitrogen and oxygen atoms in total. The fourth-order valence-corrected chi connectivity index (χ4v) is 3.66. The van der Waals surface area contributed by atoms with E-state index >= 15 is 0 Å². The van der Waals surface area contributed by atoms with Gasteiger partial charge in [0.15, 0.2) is 0 Å². The van der Waals surface area contributed by atoms with Crippen molar-refractivity contribution in [2.24, 2.45) is 0 Å². The minimum Gasteiger partial charge on any atom is -0.496 e. The highest BCUT2D eigenvalue weighted by molar-refractivity contribution is 7.89. The summed E-state index contributed by atoms with van der Waals surface area (Å²) in [6, 6.07) is 4.10. The van der Waals surface area contributed by atoms with E-state index in [1.54, 1.807) is 6.92 Å². The fraction of sp³-hybridized carbons (Fsp3) is 0.357. The maximum Gasteiger partial charge on any atom is 0.261 e. The van der Waals surface area contributed by atoms with Crippen LogP contribution >= 0.6 is 11.3 Å². The van der Waals surface area contributed by atoms with Crippen molar-refractivity contribution in [1.29, 1.82) is 0 Å². The van der Waals surface area contributed by atoms with Gasteiger partial charge < -0.3 is 4.74 Å². The molecule has 0 fully saturated rings. The van der Waals surface area contributed by atoms with Gasteiger partial charge in [0.2, 0.25) is 15.2 Å². The summed E-state index contributed by atoms with van der Waals surface area (Å²) in [4.78, 5) is 12.4. The number of nitrogens with one attached hydrogen (secondary N) is 2. The van der Waals surface area contributed by atoms with Crippen LogP contribution in [-0.4, -0.2) is 38.2 Å². The number of methoxy groups -OCH3 is 1. The number of carbonyl (C=O) groups is 1. The zero-order valence-corrected chi connectivity index (χ0v) is 15.1. The Balaban J connectivity index is 2.34. The molecule has 2 rings (SSSR count). The van der Waals surface area contributed by atoms with Crippen molar-refractivity contribution in [1.82, 2.24) is 14.9 Å². The standard InChI is InChI=1S/C14H18N4O4S2/c1-4-12-17-18-14(23-12)16-13(19)10-8-9(6-7-11(10)22-3)24(20,21)15-5-2/h6-8,15H,4-5H2,1-3H3,(H,16,18,19). The van der Waals surface area contributed by atoms with Crippen LogP contribution in [0.25, 0.3) is 0 Å². The Morgan fingerprint density at radius 3 is 2.62 bits per heavy atom. The zero-order valence-electron chi connectivity index (χ0n) is 13.5. The Labute approximate surface area is 144 Å². The highest BCUT2D eigenvalue weighted by Gasteiger charge is 2.20. The van der Waals surface area contributed by atoms with E-state index in [1.165, 1.54) is 36.6 Å². The SMILES string of the molecule is CCNS(=O)(=O)c1ccc(OC)c(C(=O)Nc2nnc(CC)s2)c1. The quantitative estimate of drug-likeness (QED) is 0.767. The molecular formula is C14H18N4O4S2. The normalized spacial score (nSPS) is 11.3. The van der Waals surface area contributed by atoms with E-state index < -0.39 is 15.9 Å². The maximum absolute atomic E-state index is 12.5. The van der Waals surface area contributed by atoms with Gasteiger partial charge in [-0.2, -0.15) is 0 Å². The summed E-state index contributed by atoms with van der Waals surface area (Å²) in [6.07, 6.45) is 0.716. The molecule has 0 radical (unpaired) electrons. The van der Waals surface area contributed by atoms with Gasteiger partial charge in [0.25, 0.3) is 5.91 Å². The number of hydrogen-bond acceptors (Lipinski definition) is 7. The van der Waals surface area contributed by atoms with E-state index in [0.717, 1.165) is 5.01 Å². The first-order valence-electron chi connectivity index (χ1n) is 7.22. The van der Waals surface area contributed by atoms with Crippen LogP contribution in [0.15, 0.2) is 23.1 Å². The molecule has 0 bridgehead atoms. The van der Waals surface area contributed by atoms with Gasteiger partial charge in [0, 0.05) is 6.54 Å². The largest absolute Gasteiger partial charge is 0.496 e. The molecule has 24 heavy (non-hydrogen) atoms. The predicted octanol–water partition coefficient (Wildman–Crippen LogP) is 1.66. The third kappa shape index (κ3) is 4.08. The predicted molar refractivity (Wildman–Crippen MR) is 91.1 cm³/mol. The van der Waals surface area contributed by atoms with Gasteiger partial charge in [-0.25, -0.2) is 13.1 Å². The summed E-state index contributed by atoms with van der Waals surface area (Å²) in [6.45, 7) is 3.86. The van der Waals surface area contributed by atoms with Crippen LogP contribution in [0, 0.1) is 0 Å². The number of rotatable bonds is 7. The van der Waals surface area contributed by atoms with Gasteiger partial charge in [-0.3, -0.25) is 10.1 Å². The lowest BCUT2D eigenvalue weighted by atomic mass is 10.2. The molecular weight excluding hydrogens is 352 g/mol. The molecule has 0 saturated carbocycles. The number of aromatic nitrogens is 2. The van der Waals surface area contributed by atoms with Crippen molar-refractivity contribution in [3.05, 3.63) is 28.8 Å². The lowest BCUT2D eigenvalue weighted by Crippen LogP contribution is -2.23. The van der Waals surface area contributed by atoms with Crippen LogP contribution in [0.1, 0.15) is 29.2 Å². The summed E-state index contributed by atoms with van der Waals surface area (Å²) >= 11 is 1.26. The van der Waals surface area contributed by atoms with Gasteiger partial charge in [0.05, 0.1) is 17.6 Å². The molecule has 130 valence electrons. The smallest absolute Gasteiger partial charge is 0.261 e. The van der Waals surface area contributed by atoms with Gasteiger partial charge in [-0.1, -0.05) is 25.2 Å². The van der Waals surface area contributed by atoms with Crippen LogP contribution in [0.4, 0.5) is 5.13 Å². The lowest BCUT2D eigenvalue weighted by Gasteiger charge is -2.10. The summed E-state index contributed by atoms with van der Waals surface area (Å²) in [7, 11) is -2.27. The summed E-state index contributed by atoms with van der Waals surface area (Å²) in [5.41, 5.74) is 0.102. The number of hydrogen-bond donors (Lipinski definition) is 2. The highest BCUT2D eigenvalue weighted by Crippen LogP contribution is 2.24. The number of anilines is 1. The molecule has 1 amide bonds. The minimum absolute atomic E-state index is 0.0122. The van der Waals surface area contributed by atoms with Gasteiger partial charge in [-0.05, 0) is 24.6 Å². The Morgan fingerprint density at radius 2 is 2.04 bits per heavy atom. The van der Waals surface area contributed by atoms with Crippen molar-refractivity contribution >= 4 is 32.4 Å². The monoisotopic (exact) mass is 370 g/mol. The van der Waals surface area contributed by atoms with Crippen LogP contribution in [0.3, 0.4) is 0 Å². The van der Waals surface area contributed by atoms with Crippen molar-refractivity contribution in [2.45, 2.75) is 25.2 Å². The number of sulfonamides is 1. The molecule has 0 saturated heterocycles. The molecule has 2 N–H and O–H groups in total. The van der Waals surface area contributed by atoms with Crippen LogP contribution in [0.2, 0.25) is 0 Å². The first-order valence-corrected chi connectivity index (χ1v) is 9.52. The second-order valence-electron chi connectivity index (χ2n) is 4.67. The molecule has 0 aliphatic rings. The molecule has 0 unspecified atom stereocenters. The molecule has 1 heterocycles. The first-order chi connectivity index (χ1) is 11.4. The molecule has 0 atom stereocenters. The molecule has 1 aromatic carbocycles. The van der Waals surface area contributed by atoms with Crippen molar-refractivity contribution in [3.8, 4) is 5.75 Å². The van der Waals surface area contributed by atoms with Crippen LogP contribution < -0.4 is 14.8 Å². The Kier molecular flexibility index (Phi) is 5.86. The van der Waals surface area contributed by atoms with E-state index in [0.29, 0.717) is 11.6 Å². The minimum atomic E-state index is -3.67. The third-order valence-electron chi connectivity index (χ3n) is 3.05. The maximum atomic E-state index is 12.5. The Hall–Kier alpha value is -2.04. The number of nitrogens with zero attached hydrogens (tertiary/aromatic N) is 2. The zero-order chi connectivity index (χ0) is 17.7. The van der Waals surface area contributed by atoms with E-state index in [2.05, 4.69) is 20.2 Å². The van der Waals surface area contributed by atoms with E-state index in [9.17, 15) is 13.2 Å². The van der Waals surface area contributed by atoms with Crippen LogP contribution in [-0.2, 0) is 16.4 Å². The fourth-order valence-electron chi connectivity index (χ4n) is 1.92. The summed E-state index contributed by atoms with van der Waals surface area (Å²) in [5.74, 6) is -0.248. The van der Waals surface area contributed by atoms with Gasteiger partial charge in [-0.15, -0.1) is 10.2 Å². The van der Waals surface area contributed by atoms with Crippen LogP contribution in [0.5, 0.6) is 5.75 Å². The van der Waals surface area contributed by atoms with Crippen molar-refractivity contribution < 1.29 is 17.9 Å². The second kappa shape index (κ2) is 7.69. The number of aryl methyl sites for hydroxylation is 1. The number of ether oxygens (including phenoxy) is 1. The van der Waals surface area contributed by atoms with Crippen molar-refractivity contribution in [2.75, 3.05) is 19.0 Å². The first kappa shape index (κ1) is 18.3. The molecule has 1 aromatic heterocycles. The third-order valence-corrected chi connectivity index (χ3v) is 5.58. The highest BCUT2D eigenvalue weighted by atomic mass is 32.2. The average Bonchev–Trinajstić information content (AvgIpc) is 3.01. The molecule has 2 aromatic rings. The Bertz CT molecular complexity index is 833. The average molecular weight is 370 g/mol. The number of benzene rings is 1.